The van der Waals surface area contributed by atoms with Crippen molar-refractivity contribution >= 4 is 41.6 Å². The molecular weight excluding hydrogens is 401 g/mol. The van der Waals surface area contributed by atoms with Crippen LogP contribution in [0, 0.1) is 0 Å². The minimum Gasteiger partial charge on any atom is -0.166 e. The smallest absolute Gasteiger partial charge is 0.166 e. The SMILES string of the molecule is FC(F)(F)c1ccc(P(Br)Br)c(C(F)(F)F)c1. The van der Waals surface area contributed by atoms with Crippen LogP contribution in [0.25, 0.3) is 0 Å². The van der Waals surface area contributed by atoms with E-state index in [0.29, 0.717) is 6.07 Å². The Kier molecular flexibility index (Phi) is 4.53. The highest BCUT2D eigenvalue weighted by Gasteiger charge is 2.38. The molecule has 96 valence electrons. The van der Waals surface area contributed by atoms with Crippen LogP contribution in [0.2, 0.25) is 0 Å². The molecule has 0 N–H and O–H groups in total. The molecule has 0 aliphatic heterocycles. The van der Waals surface area contributed by atoms with Gasteiger partial charge in [0.1, 0.15) is 0 Å². The maximum absolute atomic E-state index is 12.6. The van der Waals surface area contributed by atoms with Gasteiger partial charge in [-0.1, -0.05) is 6.07 Å². The predicted octanol–water partition coefficient (Wildman–Crippen LogP) is 5.45. The second kappa shape index (κ2) is 5.05. The highest BCUT2D eigenvalue weighted by Crippen LogP contribution is 2.53. The number of hydrogen-bond acceptors (Lipinski definition) is 0. The monoisotopic (exact) mass is 402 g/mol. The van der Waals surface area contributed by atoms with Gasteiger partial charge >= 0.3 is 12.4 Å². The van der Waals surface area contributed by atoms with Crippen LogP contribution in [0.1, 0.15) is 11.1 Å². The first-order valence-corrected chi connectivity index (χ1v) is 9.31. The Morgan fingerprint density at radius 1 is 0.882 bits per heavy atom. The van der Waals surface area contributed by atoms with E-state index in [-0.39, 0.29) is 11.4 Å². The zero-order chi connectivity index (χ0) is 13.4. The third kappa shape index (κ3) is 3.83. The van der Waals surface area contributed by atoms with Crippen molar-refractivity contribution < 1.29 is 26.3 Å². The molecule has 0 nitrogen and oxygen atoms in total. The summed E-state index contributed by atoms with van der Waals surface area (Å²) in [5.41, 5.74) is -2.60. The Hall–Kier alpha value is 0.190. The summed E-state index contributed by atoms with van der Waals surface area (Å²) >= 11 is 5.80. The fourth-order valence-electron chi connectivity index (χ4n) is 1.09. The summed E-state index contributed by atoms with van der Waals surface area (Å²) in [5.74, 6) is 0. The number of hydrogen-bond donors (Lipinski definition) is 0. The largest absolute Gasteiger partial charge is 0.417 e. The molecule has 0 unspecified atom stereocenters. The Labute approximate surface area is 110 Å². The first kappa shape index (κ1) is 15.2. The average Bonchev–Trinajstić information content (AvgIpc) is 2.14. The number of halogens is 8. The summed E-state index contributed by atoms with van der Waals surface area (Å²) in [7, 11) is 0. The Bertz CT molecular complexity index is 411. The van der Waals surface area contributed by atoms with E-state index >= 15 is 0 Å². The lowest BCUT2D eigenvalue weighted by Gasteiger charge is -2.16. The van der Waals surface area contributed by atoms with Gasteiger partial charge in [-0.25, -0.2) is 0 Å². The summed E-state index contributed by atoms with van der Waals surface area (Å²) in [6, 6.07) is 1.57. The van der Waals surface area contributed by atoms with Crippen molar-refractivity contribution in [2.45, 2.75) is 12.4 Å². The van der Waals surface area contributed by atoms with Gasteiger partial charge in [0.25, 0.3) is 0 Å². The van der Waals surface area contributed by atoms with Crippen molar-refractivity contribution in [3.8, 4) is 0 Å². The number of rotatable bonds is 1. The quantitative estimate of drug-likeness (QED) is 0.432. The van der Waals surface area contributed by atoms with Crippen molar-refractivity contribution in [3.63, 3.8) is 0 Å². The molecule has 0 aromatic heterocycles. The van der Waals surface area contributed by atoms with Gasteiger partial charge in [0, 0.05) is 5.30 Å². The second-order valence-electron chi connectivity index (χ2n) is 2.96. The van der Waals surface area contributed by atoms with E-state index < -0.39 is 28.8 Å². The Morgan fingerprint density at radius 3 is 1.76 bits per heavy atom. The van der Waals surface area contributed by atoms with E-state index in [4.69, 9.17) is 0 Å². The zero-order valence-corrected chi connectivity index (χ0v) is 11.8. The molecule has 0 amide bonds. The molecule has 1 rings (SSSR count). The van der Waals surface area contributed by atoms with Crippen molar-refractivity contribution in [3.05, 3.63) is 29.3 Å². The first-order valence-electron chi connectivity index (χ1n) is 3.93. The molecule has 0 radical (unpaired) electrons. The minimum absolute atomic E-state index is 0.118. The van der Waals surface area contributed by atoms with Gasteiger partial charge in [0.2, 0.25) is 0 Å². The molecule has 0 heterocycles. The average molecular weight is 404 g/mol. The van der Waals surface area contributed by atoms with Crippen LogP contribution in [0.5, 0.6) is 0 Å². The van der Waals surface area contributed by atoms with Gasteiger partial charge in [-0.3, -0.25) is 0 Å². The van der Waals surface area contributed by atoms with Crippen LogP contribution < -0.4 is 5.30 Å². The third-order valence-electron chi connectivity index (χ3n) is 1.81. The zero-order valence-electron chi connectivity index (χ0n) is 7.70. The molecule has 1 aromatic carbocycles. The molecule has 0 saturated heterocycles. The summed E-state index contributed by atoms with van der Waals surface area (Å²) < 4.78 is 74.6. The maximum atomic E-state index is 12.6. The molecule has 0 atom stereocenters. The first-order chi connectivity index (χ1) is 7.53. The van der Waals surface area contributed by atoms with E-state index in [9.17, 15) is 26.3 Å². The molecule has 0 aliphatic rings. The lowest BCUT2D eigenvalue weighted by atomic mass is 10.1. The molecule has 0 saturated carbocycles. The molecule has 0 spiro atoms. The van der Waals surface area contributed by atoms with Crippen LogP contribution in [0.15, 0.2) is 18.2 Å². The highest BCUT2D eigenvalue weighted by atomic mass is 79.9. The Morgan fingerprint density at radius 2 is 1.41 bits per heavy atom. The van der Waals surface area contributed by atoms with E-state index in [1.807, 2.05) is 0 Å². The van der Waals surface area contributed by atoms with Gasteiger partial charge in [-0.2, -0.15) is 26.3 Å². The molecule has 0 fully saturated rings. The minimum atomic E-state index is -4.82. The fourth-order valence-corrected chi connectivity index (χ4v) is 3.50. The van der Waals surface area contributed by atoms with Crippen molar-refractivity contribution in [1.82, 2.24) is 0 Å². The molecule has 0 bridgehead atoms. The molecule has 0 aliphatic carbocycles. The summed E-state index contributed by atoms with van der Waals surface area (Å²) in [6.45, 7) is 0. The fraction of sp³-hybridized carbons (Fsp3) is 0.250. The molecule has 17 heavy (non-hydrogen) atoms. The predicted molar refractivity (Wildman–Crippen MR) is 60.9 cm³/mol. The normalized spacial score (nSPS) is 13.2. The maximum Gasteiger partial charge on any atom is 0.417 e. The second-order valence-corrected chi connectivity index (χ2v) is 11.0. The molecule has 9 heteroatoms. The highest BCUT2D eigenvalue weighted by molar-refractivity contribution is 9.70. The summed E-state index contributed by atoms with van der Waals surface area (Å²) in [4.78, 5) is 0. The number of alkyl halides is 6. The molecular formula is C8H3Br2F6P. The van der Waals surface area contributed by atoms with E-state index in [0.717, 1.165) is 6.07 Å². The lowest BCUT2D eigenvalue weighted by Crippen LogP contribution is -2.19. The van der Waals surface area contributed by atoms with Crippen molar-refractivity contribution in [2.75, 3.05) is 0 Å². The van der Waals surface area contributed by atoms with E-state index in [2.05, 4.69) is 31.0 Å². The van der Waals surface area contributed by atoms with Crippen LogP contribution >= 0.6 is 36.3 Å². The van der Waals surface area contributed by atoms with Crippen LogP contribution in [0.4, 0.5) is 26.3 Å². The van der Waals surface area contributed by atoms with Crippen molar-refractivity contribution in [2.24, 2.45) is 0 Å². The Balaban J connectivity index is 3.41. The number of benzene rings is 1. The molecule has 1 aromatic rings. The summed E-state index contributed by atoms with van der Waals surface area (Å²) in [5, 5.41) is -1.73. The topological polar surface area (TPSA) is 0 Å². The third-order valence-corrected chi connectivity index (χ3v) is 4.86. The lowest BCUT2D eigenvalue weighted by molar-refractivity contribution is -0.142. The van der Waals surface area contributed by atoms with Gasteiger partial charge in [-0.05, 0) is 43.1 Å². The van der Waals surface area contributed by atoms with Crippen LogP contribution in [-0.2, 0) is 12.4 Å². The summed E-state index contributed by atoms with van der Waals surface area (Å²) in [6.07, 6.45) is -9.61. The van der Waals surface area contributed by atoms with Gasteiger partial charge in [-0.15, -0.1) is 0 Å². The van der Waals surface area contributed by atoms with E-state index in [1.54, 1.807) is 0 Å². The van der Waals surface area contributed by atoms with Gasteiger partial charge in [0.15, 0.2) is 0 Å². The van der Waals surface area contributed by atoms with Crippen molar-refractivity contribution in [1.29, 1.82) is 0 Å². The van der Waals surface area contributed by atoms with Crippen LogP contribution in [0.3, 0.4) is 0 Å². The van der Waals surface area contributed by atoms with Gasteiger partial charge in [0.05, 0.1) is 16.5 Å². The standard InChI is InChI=1S/C8H3Br2F6P/c9-17(10)6-2-1-4(7(11,12)13)3-5(6)8(14,15)16/h1-3H. The van der Waals surface area contributed by atoms with Crippen LogP contribution in [-0.4, -0.2) is 0 Å². The van der Waals surface area contributed by atoms with E-state index in [1.165, 1.54) is 0 Å². The van der Waals surface area contributed by atoms with Gasteiger partial charge < -0.3 is 0 Å².